The van der Waals surface area contributed by atoms with E-state index in [1.54, 1.807) is 0 Å². The molecule has 5 nitrogen and oxygen atoms in total. The number of esters is 1. The molecule has 0 aliphatic heterocycles. The summed E-state index contributed by atoms with van der Waals surface area (Å²) >= 11 is 0. The van der Waals surface area contributed by atoms with Crippen LogP contribution in [0.25, 0.3) is 0 Å². The molecule has 112 valence electrons. The molecule has 0 aromatic rings. The van der Waals surface area contributed by atoms with Crippen LogP contribution in [-0.4, -0.2) is 49.6 Å². The minimum absolute atomic E-state index is 0.0296. The van der Waals surface area contributed by atoms with Gasteiger partial charge in [-0.15, -0.1) is 0 Å². The van der Waals surface area contributed by atoms with Gasteiger partial charge in [-0.2, -0.15) is 0 Å². The molecule has 0 aromatic heterocycles. The average Bonchev–Trinajstić information content (AvgIpc) is 2.36. The number of carbonyl (C=O) groups is 2. The van der Waals surface area contributed by atoms with Crippen molar-refractivity contribution in [3.63, 3.8) is 0 Å². The Morgan fingerprint density at radius 3 is 2.37 bits per heavy atom. The quantitative estimate of drug-likeness (QED) is 0.645. The molecule has 0 rings (SSSR count). The summed E-state index contributed by atoms with van der Waals surface area (Å²) in [4.78, 5) is 25.2. The van der Waals surface area contributed by atoms with Crippen LogP contribution in [-0.2, 0) is 14.3 Å². The lowest BCUT2D eigenvalue weighted by Gasteiger charge is -2.26. The normalized spacial score (nSPS) is 12.6. The van der Waals surface area contributed by atoms with E-state index in [1.165, 1.54) is 7.11 Å². The Labute approximate surface area is 116 Å². The number of carbonyl (C=O) groups excluding carboxylic acids is 2. The lowest BCUT2D eigenvalue weighted by molar-refractivity contribution is -0.143. The van der Waals surface area contributed by atoms with Crippen LogP contribution in [0.5, 0.6) is 0 Å². The van der Waals surface area contributed by atoms with Crippen LogP contribution in [0.3, 0.4) is 0 Å². The second kappa shape index (κ2) is 9.78. The van der Waals surface area contributed by atoms with Gasteiger partial charge in [0.1, 0.15) is 0 Å². The third-order valence-electron chi connectivity index (χ3n) is 3.02. The predicted molar refractivity (Wildman–Crippen MR) is 75.8 cm³/mol. The van der Waals surface area contributed by atoms with Crippen molar-refractivity contribution in [2.45, 2.75) is 46.6 Å². The Kier molecular flexibility index (Phi) is 9.21. The molecule has 0 saturated heterocycles. The number of hydrogen-bond acceptors (Lipinski definition) is 4. The van der Waals surface area contributed by atoms with E-state index < -0.39 is 0 Å². The summed E-state index contributed by atoms with van der Waals surface area (Å²) in [6.45, 7) is 9.62. The third kappa shape index (κ3) is 7.82. The highest BCUT2D eigenvalue weighted by molar-refractivity contribution is 5.82. The van der Waals surface area contributed by atoms with Crippen LogP contribution in [0, 0.1) is 5.92 Å². The van der Waals surface area contributed by atoms with E-state index in [0.29, 0.717) is 19.0 Å². The zero-order valence-corrected chi connectivity index (χ0v) is 12.9. The summed E-state index contributed by atoms with van der Waals surface area (Å²) in [5.74, 6) is 0.228. The van der Waals surface area contributed by atoms with Crippen molar-refractivity contribution >= 4 is 11.9 Å². The van der Waals surface area contributed by atoms with Crippen molar-refractivity contribution in [2.24, 2.45) is 5.92 Å². The van der Waals surface area contributed by atoms with Gasteiger partial charge >= 0.3 is 5.97 Å². The molecule has 0 heterocycles. The smallest absolute Gasteiger partial charge is 0.319 e. The number of rotatable bonds is 9. The topological polar surface area (TPSA) is 58.6 Å². The first-order chi connectivity index (χ1) is 8.92. The van der Waals surface area contributed by atoms with E-state index in [9.17, 15) is 9.59 Å². The third-order valence-corrected chi connectivity index (χ3v) is 3.02. The maximum atomic E-state index is 12.0. The molecular weight excluding hydrogens is 244 g/mol. The first kappa shape index (κ1) is 17.9. The van der Waals surface area contributed by atoms with Crippen molar-refractivity contribution in [1.82, 2.24) is 10.2 Å². The molecule has 1 amide bonds. The molecule has 0 bridgehead atoms. The monoisotopic (exact) mass is 272 g/mol. The summed E-state index contributed by atoms with van der Waals surface area (Å²) in [6.07, 6.45) is 1.85. The minimum Gasteiger partial charge on any atom is -0.468 e. The molecule has 0 aromatic carbocycles. The highest BCUT2D eigenvalue weighted by atomic mass is 16.5. The lowest BCUT2D eigenvalue weighted by Crippen LogP contribution is -2.47. The summed E-state index contributed by atoms with van der Waals surface area (Å²) in [6, 6.07) is -0.314. The Bertz CT molecular complexity index is 280. The molecule has 0 radical (unpaired) electrons. The van der Waals surface area contributed by atoms with Gasteiger partial charge in [0.15, 0.2) is 0 Å². The molecule has 5 heteroatoms. The maximum absolute atomic E-state index is 12.0. The van der Waals surface area contributed by atoms with Gasteiger partial charge in [-0.05, 0) is 32.2 Å². The molecular formula is C14H28N2O3. The molecule has 0 aliphatic rings. The predicted octanol–water partition coefficient (Wildman–Crippen LogP) is 1.42. The fourth-order valence-electron chi connectivity index (χ4n) is 1.72. The largest absolute Gasteiger partial charge is 0.468 e. The summed E-state index contributed by atoms with van der Waals surface area (Å²) in [5, 5.41) is 2.91. The van der Waals surface area contributed by atoms with Crippen molar-refractivity contribution in [3.05, 3.63) is 0 Å². The Hall–Kier alpha value is -1.10. The minimum atomic E-state index is -0.314. The summed E-state index contributed by atoms with van der Waals surface area (Å²) in [5.41, 5.74) is 0. The number of nitrogens with zero attached hydrogens (tertiary/aromatic N) is 1. The Balaban J connectivity index is 4.31. The molecule has 19 heavy (non-hydrogen) atoms. The summed E-state index contributed by atoms with van der Waals surface area (Å²) in [7, 11) is 1.36. The fraction of sp³-hybridized carbons (Fsp3) is 0.857. The van der Waals surface area contributed by atoms with E-state index >= 15 is 0 Å². The Morgan fingerprint density at radius 2 is 1.89 bits per heavy atom. The Morgan fingerprint density at radius 1 is 1.26 bits per heavy atom. The SMILES string of the molecule is CCCN(CC(=O)OC)C(C)C(=O)NCCC(C)C. The molecule has 1 atom stereocenters. The summed E-state index contributed by atoms with van der Waals surface area (Å²) < 4.78 is 4.66. The van der Waals surface area contributed by atoms with Gasteiger partial charge in [0.25, 0.3) is 0 Å². The van der Waals surface area contributed by atoms with E-state index in [2.05, 4.69) is 23.9 Å². The van der Waals surface area contributed by atoms with Crippen LogP contribution < -0.4 is 5.32 Å². The maximum Gasteiger partial charge on any atom is 0.319 e. The van der Waals surface area contributed by atoms with E-state index in [1.807, 2.05) is 18.7 Å². The van der Waals surface area contributed by atoms with E-state index in [0.717, 1.165) is 12.8 Å². The molecule has 0 saturated carbocycles. The first-order valence-corrected chi connectivity index (χ1v) is 7.00. The molecule has 0 spiro atoms. The van der Waals surface area contributed by atoms with Gasteiger partial charge in [-0.3, -0.25) is 14.5 Å². The van der Waals surface area contributed by atoms with Crippen LogP contribution in [0.15, 0.2) is 0 Å². The molecule has 0 aliphatic carbocycles. The highest BCUT2D eigenvalue weighted by Crippen LogP contribution is 2.03. The van der Waals surface area contributed by atoms with Crippen molar-refractivity contribution in [3.8, 4) is 0 Å². The highest BCUT2D eigenvalue weighted by Gasteiger charge is 2.22. The molecule has 1 N–H and O–H groups in total. The fourth-order valence-corrected chi connectivity index (χ4v) is 1.72. The van der Waals surface area contributed by atoms with Crippen LogP contribution in [0.4, 0.5) is 0 Å². The number of methoxy groups -OCH3 is 1. The zero-order chi connectivity index (χ0) is 14.8. The van der Waals surface area contributed by atoms with Gasteiger partial charge < -0.3 is 10.1 Å². The number of amides is 1. The van der Waals surface area contributed by atoms with Gasteiger partial charge in [-0.1, -0.05) is 20.8 Å². The average molecular weight is 272 g/mol. The van der Waals surface area contributed by atoms with Gasteiger partial charge in [0.05, 0.1) is 19.7 Å². The van der Waals surface area contributed by atoms with Crippen molar-refractivity contribution < 1.29 is 14.3 Å². The van der Waals surface area contributed by atoms with Crippen LogP contribution >= 0.6 is 0 Å². The standard InChI is InChI=1S/C14H28N2O3/c1-6-9-16(10-13(17)19-5)12(4)14(18)15-8-7-11(2)3/h11-12H,6-10H2,1-5H3,(H,15,18). The van der Waals surface area contributed by atoms with Gasteiger partial charge in [-0.25, -0.2) is 0 Å². The van der Waals surface area contributed by atoms with Crippen molar-refractivity contribution in [2.75, 3.05) is 26.7 Å². The number of ether oxygens (including phenoxy) is 1. The van der Waals surface area contributed by atoms with Gasteiger partial charge in [0.2, 0.25) is 5.91 Å². The first-order valence-electron chi connectivity index (χ1n) is 7.00. The van der Waals surface area contributed by atoms with Gasteiger partial charge in [0, 0.05) is 6.54 Å². The second-order valence-electron chi connectivity index (χ2n) is 5.20. The number of nitrogens with one attached hydrogen (secondary N) is 1. The van der Waals surface area contributed by atoms with Crippen LogP contribution in [0.1, 0.15) is 40.5 Å². The van der Waals surface area contributed by atoms with E-state index in [-0.39, 0.29) is 24.5 Å². The van der Waals surface area contributed by atoms with Crippen LogP contribution in [0.2, 0.25) is 0 Å². The lowest BCUT2D eigenvalue weighted by atomic mass is 10.1. The molecule has 1 unspecified atom stereocenters. The second-order valence-corrected chi connectivity index (χ2v) is 5.20. The zero-order valence-electron chi connectivity index (χ0n) is 12.9. The van der Waals surface area contributed by atoms with Crippen molar-refractivity contribution in [1.29, 1.82) is 0 Å². The number of hydrogen-bond donors (Lipinski definition) is 1. The molecule has 0 fully saturated rings. The van der Waals surface area contributed by atoms with E-state index in [4.69, 9.17) is 0 Å².